The topological polar surface area (TPSA) is 12.0 Å². The van der Waals surface area contributed by atoms with Gasteiger partial charge in [-0.3, -0.25) is 0 Å². The summed E-state index contributed by atoms with van der Waals surface area (Å²) in [5, 5.41) is 3.71. The van der Waals surface area contributed by atoms with Gasteiger partial charge in [-0.15, -0.1) is 0 Å². The van der Waals surface area contributed by atoms with Crippen LogP contribution in [0.3, 0.4) is 0 Å². The second-order valence-electron chi connectivity index (χ2n) is 5.74. The molecule has 0 bridgehead atoms. The Hall–Kier alpha value is -0.820. The first kappa shape index (κ1) is 13.6. The van der Waals surface area contributed by atoms with Crippen molar-refractivity contribution in [3.8, 4) is 0 Å². The number of rotatable bonds is 5. The van der Waals surface area contributed by atoms with Crippen LogP contribution in [0.25, 0.3) is 0 Å². The van der Waals surface area contributed by atoms with E-state index in [1.54, 1.807) is 0 Å². The van der Waals surface area contributed by atoms with Gasteiger partial charge in [-0.05, 0) is 43.2 Å². The summed E-state index contributed by atoms with van der Waals surface area (Å²) in [5.74, 6) is 0.897. The van der Waals surface area contributed by atoms with E-state index in [-0.39, 0.29) is 0 Å². The van der Waals surface area contributed by atoms with Crippen LogP contribution < -0.4 is 5.32 Å². The minimum Gasteiger partial charge on any atom is -0.310 e. The molecule has 1 heteroatoms. The lowest BCUT2D eigenvalue weighted by atomic mass is 9.84. The van der Waals surface area contributed by atoms with Crippen molar-refractivity contribution < 1.29 is 0 Å². The summed E-state index contributed by atoms with van der Waals surface area (Å²) >= 11 is 0. The normalized spacial score (nSPS) is 18.8. The Labute approximate surface area is 112 Å². The van der Waals surface area contributed by atoms with E-state index in [0.29, 0.717) is 6.04 Å². The predicted molar refractivity (Wildman–Crippen MR) is 78.7 cm³/mol. The molecule has 0 aliphatic heterocycles. The molecule has 0 heterocycles. The summed E-state index contributed by atoms with van der Waals surface area (Å²) in [4.78, 5) is 0. The largest absolute Gasteiger partial charge is 0.310 e. The Morgan fingerprint density at radius 3 is 2.28 bits per heavy atom. The Morgan fingerprint density at radius 2 is 1.67 bits per heavy atom. The summed E-state index contributed by atoms with van der Waals surface area (Å²) in [6.45, 7) is 5.58. The van der Waals surface area contributed by atoms with Gasteiger partial charge < -0.3 is 5.32 Å². The van der Waals surface area contributed by atoms with Gasteiger partial charge in [0.15, 0.2) is 0 Å². The molecule has 1 atom stereocenters. The first-order valence-electron chi connectivity index (χ1n) is 7.60. The summed E-state index contributed by atoms with van der Waals surface area (Å²) in [7, 11) is 0. The molecule has 1 saturated carbocycles. The van der Waals surface area contributed by atoms with Gasteiger partial charge in [-0.1, -0.05) is 50.5 Å². The molecule has 0 saturated heterocycles. The van der Waals surface area contributed by atoms with Gasteiger partial charge in [-0.25, -0.2) is 0 Å². The van der Waals surface area contributed by atoms with Crippen LogP contribution in [0, 0.1) is 5.92 Å². The lowest BCUT2D eigenvalue weighted by Crippen LogP contribution is -2.34. The van der Waals surface area contributed by atoms with Gasteiger partial charge in [0, 0.05) is 12.6 Å². The second kappa shape index (κ2) is 6.94. The van der Waals surface area contributed by atoms with E-state index in [0.717, 1.165) is 18.9 Å². The Bertz CT molecular complexity index is 335. The van der Waals surface area contributed by atoms with E-state index < -0.39 is 0 Å². The van der Waals surface area contributed by atoms with Crippen LogP contribution in [0.2, 0.25) is 0 Å². The van der Waals surface area contributed by atoms with Crippen LogP contribution >= 0.6 is 0 Å². The zero-order valence-corrected chi connectivity index (χ0v) is 11.9. The summed E-state index contributed by atoms with van der Waals surface area (Å²) in [6.07, 6.45) is 8.28. The van der Waals surface area contributed by atoms with Crippen LogP contribution in [0.5, 0.6) is 0 Å². The van der Waals surface area contributed by atoms with Crippen molar-refractivity contribution in [2.75, 3.05) is 0 Å². The van der Waals surface area contributed by atoms with Gasteiger partial charge in [0.1, 0.15) is 0 Å². The molecular weight excluding hydrogens is 218 g/mol. The maximum atomic E-state index is 3.71. The summed E-state index contributed by atoms with van der Waals surface area (Å²) in [6, 6.07) is 9.69. The van der Waals surface area contributed by atoms with Crippen molar-refractivity contribution >= 4 is 0 Å². The molecule has 18 heavy (non-hydrogen) atoms. The Kier molecular flexibility index (Phi) is 5.25. The smallest absolute Gasteiger partial charge is 0.0208 e. The highest BCUT2D eigenvalue weighted by Gasteiger charge is 2.19. The SMILES string of the molecule is CCc1ccc(CN[C@H](C)C2CCCCC2)cc1. The van der Waals surface area contributed by atoms with E-state index in [9.17, 15) is 0 Å². The molecule has 0 amide bonds. The minimum absolute atomic E-state index is 0.663. The minimum atomic E-state index is 0.663. The molecule has 1 aromatic rings. The number of hydrogen-bond donors (Lipinski definition) is 1. The van der Waals surface area contributed by atoms with E-state index >= 15 is 0 Å². The molecule has 1 fully saturated rings. The summed E-state index contributed by atoms with van der Waals surface area (Å²) < 4.78 is 0. The van der Waals surface area contributed by atoms with Gasteiger partial charge in [0.25, 0.3) is 0 Å². The fourth-order valence-corrected chi connectivity index (χ4v) is 2.97. The number of aryl methyl sites for hydroxylation is 1. The molecule has 1 N–H and O–H groups in total. The van der Waals surface area contributed by atoms with Gasteiger partial charge in [-0.2, -0.15) is 0 Å². The lowest BCUT2D eigenvalue weighted by Gasteiger charge is -2.28. The van der Waals surface area contributed by atoms with E-state index in [4.69, 9.17) is 0 Å². The van der Waals surface area contributed by atoms with Gasteiger partial charge in [0.05, 0.1) is 0 Å². The highest BCUT2D eigenvalue weighted by molar-refractivity contribution is 5.22. The van der Waals surface area contributed by atoms with Crippen LogP contribution in [-0.4, -0.2) is 6.04 Å². The van der Waals surface area contributed by atoms with E-state index in [1.165, 1.54) is 43.2 Å². The molecule has 2 rings (SSSR count). The molecule has 0 radical (unpaired) electrons. The number of hydrogen-bond acceptors (Lipinski definition) is 1. The van der Waals surface area contributed by atoms with Crippen molar-refractivity contribution in [3.63, 3.8) is 0 Å². The van der Waals surface area contributed by atoms with Crippen molar-refractivity contribution in [1.82, 2.24) is 5.32 Å². The Balaban J connectivity index is 1.78. The fraction of sp³-hybridized carbons (Fsp3) is 0.647. The van der Waals surface area contributed by atoms with E-state index in [2.05, 4.69) is 43.4 Å². The average molecular weight is 245 g/mol. The average Bonchev–Trinajstić information content (AvgIpc) is 2.46. The first-order valence-corrected chi connectivity index (χ1v) is 7.60. The van der Waals surface area contributed by atoms with Crippen LogP contribution in [0.15, 0.2) is 24.3 Å². The first-order chi connectivity index (χ1) is 8.79. The van der Waals surface area contributed by atoms with Gasteiger partial charge in [0.2, 0.25) is 0 Å². The third kappa shape index (κ3) is 3.84. The molecule has 1 aliphatic rings. The maximum Gasteiger partial charge on any atom is 0.0208 e. The predicted octanol–water partition coefficient (Wildman–Crippen LogP) is 4.31. The molecule has 0 spiro atoms. The molecule has 0 unspecified atom stereocenters. The maximum absolute atomic E-state index is 3.71. The number of benzene rings is 1. The fourth-order valence-electron chi connectivity index (χ4n) is 2.97. The van der Waals surface area contributed by atoms with Crippen LogP contribution in [0.1, 0.15) is 57.1 Å². The van der Waals surface area contributed by atoms with Crippen LogP contribution in [0.4, 0.5) is 0 Å². The monoisotopic (exact) mass is 245 g/mol. The molecular formula is C17H27N. The standard InChI is InChI=1S/C17H27N/c1-3-15-9-11-16(12-10-15)13-18-14(2)17-7-5-4-6-8-17/h9-12,14,17-18H,3-8,13H2,1-2H3/t14-/m1/s1. The zero-order valence-electron chi connectivity index (χ0n) is 11.9. The van der Waals surface area contributed by atoms with Crippen molar-refractivity contribution in [1.29, 1.82) is 0 Å². The number of nitrogens with one attached hydrogen (secondary N) is 1. The zero-order chi connectivity index (χ0) is 12.8. The third-order valence-corrected chi connectivity index (χ3v) is 4.42. The Morgan fingerprint density at radius 1 is 1.06 bits per heavy atom. The molecule has 1 aliphatic carbocycles. The van der Waals surface area contributed by atoms with Crippen molar-refractivity contribution in [2.45, 2.75) is 65.0 Å². The van der Waals surface area contributed by atoms with Gasteiger partial charge >= 0.3 is 0 Å². The van der Waals surface area contributed by atoms with Crippen molar-refractivity contribution in [2.24, 2.45) is 5.92 Å². The summed E-state index contributed by atoms with van der Waals surface area (Å²) in [5.41, 5.74) is 2.84. The molecule has 1 nitrogen and oxygen atoms in total. The molecule has 1 aromatic carbocycles. The third-order valence-electron chi connectivity index (χ3n) is 4.42. The highest BCUT2D eigenvalue weighted by atomic mass is 14.9. The molecule has 0 aromatic heterocycles. The second-order valence-corrected chi connectivity index (χ2v) is 5.74. The quantitative estimate of drug-likeness (QED) is 0.815. The van der Waals surface area contributed by atoms with Crippen molar-refractivity contribution in [3.05, 3.63) is 35.4 Å². The van der Waals surface area contributed by atoms with Crippen LogP contribution in [-0.2, 0) is 13.0 Å². The van der Waals surface area contributed by atoms with E-state index in [1.807, 2.05) is 0 Å². The molecule has 100 valence electrons. The lowest BCUT2D eigenvalue weighted by molar-refractivity contribution is 0.280. The highest BCUT2D eigenvalue weighted by Crippen LogP contribution is 2.26.